The summed E-state index contributed by atoms with van der Waals surface area (Å²) in [6, 6.07) is 14.0. The molecule has 0 saturated carbocycles. The van der Waals surface area contributed by atoms with Gasteiger partial charge in [0, 0.05) is 11.6 Å². The van der Waals surface area contributed by atoms with Crippen molar-refractivity contribution in [2.75, 3.05) is 0 Å². The van der Waals surface area contributed by atoms with Crippen molar-refractivity contribution in [1.82, 2.24) is 0 Å². The van der Waals surface area contributed by atoms with Gasteiger partial charge in [0.05, 0.1) is 11.8 Å². The fourth-order valence-corrected chi connectivity index (χ4v) is 1.58. The molecule has 0 aliphatic carbocycles. The van der Waals surface area contributed by atoms with Crippen LogP contribution in [0.5, 0.6) is 0 Å². The largest absolute Gasteiger partial charge is 1.00 e. The molecule has 0 atom stereocenters. The van der Waals surface area contributed by atoms with Crippen molar-refractivity contribution < 1.29 is 26.8 Å². The van der Waals surface area contributed by atoms with Crippen molar-refractivity contribution in [3.8, 4) is 0 Å². The van der Waals surface area contributed by atoms with Crippen LogP contribution in [0.25, 0.3) is 0 Å². The molecule has 1 heterocycles. The molecule has 0 amide bonds. The van der Waals surface area contributed by atoms with Crippen LogP contribution in [0.2, 0.25) is 0 Å². The molecule has 1 N–H and O–H groups in total. The van der Waals surface area contributed by atoms with E-state index in [1.807, 2.05) is 47.3 Å². The highest BCUT2D eigenvalue weighted by Gasteiger charge is 2.02. The Hall–Kier alpha value is -1.68. The van der Waals surface area contributed by atoms with Gasteiger partial charge < -0.3 is 22.2 Å². The van der Waals surface area contributed by atoms with Crippen LogP contribution < -0.4 is 21.5 Å². The average molecular weight is 293 g/mol. The topological polar surface area (TPSA) is 36.5 Å². The zero-order chi connectivity index (χ0) is 11.2. The predicted molar refractivity (Wildman–Crippen MR) is 61.6 cm³/mol. The number of oxime groups is 1. The Kier molecular flexibility index (Phi) is 5.36. The van der Waals surface area contributed by atoms with E-state index in [-0.39, 0.29) is 17.0 Å². The predicted octanol–water partition coefficient (Wildman–Crippen LogP) is -1.17. The lowest BCUT2D eigenvalue weighted by molar-refractivity contribution is -0.688. The Bertz CT molecular complexity index is 486. The molecule has 2 aromatic rings. The number of nitrogens with zero attached hydrogens (tertiary/aromatic N) is 2. The fourth-order valence-electron chi connectivity index (χ4n) is 1.58. The van der Waals surface area contributed by atoms with Gasteiger partial charge in [-0.25, -0.2) is 4.57 Å². The lowest BCUT2D eigenvalue weighted by Crippen LogP contribution is -3.00. The number of aromatic nitrogens is 1. The summed E-state index contributed by atoms with van der Waals surface area (Å²) in [7, 11) is 0. The molecule has 4 heteroatoms. The zero-order valence-corrected chi connectivity index (χ0v) is 10.8. The standard InChI is InChI=1S/C13H12N2O.BrH/c16-14-9-13-7-4-8-15(11-13)10-12-5-2-1-3-6-12;/h1-9,11H,10H2;1H/b14-9+;. The lowest BCUT2D eigenvalue weighted by Gasteiger charge is -1.97. The molecule has 0 fully saturated rings. The molecule has 0 radical (unpaired) electrons. The van der Waals surface area contributed by atoms with Gasteiger partial charge in [-0.2, -0.15) is 0 Å². The maximum atomic E-state index is 8.46. The van der Waals surface area contributed by atoms with E-state index in [9.17, 15) is 0 Å². The van der Waals surface area contributed by atoms with Gasteiger partial charge in [-0.15, -0.1) is 0 Å². The first-order valence-electron chi connectivity index (χ1n) is 5.09. The molecule has 3 nitrogen and oxygen atoms in total. The van der Waals surface area contributed by atoms with Crippen molar-refractivity contribution in [3.63, 3.8) is 0 Å². The minimum atomic E-state index is 0. The average Bonchev–Trinajstić information content (AvgIpc) is 2.31. The number of benzene rings is 1. The molecule has 0 bridgehead atoms. The highest BCUT2D eigenvalue weighted by Crippen LogP contribution is 1.98. The van der Waals surface area contributed by atoms with Crippen LogP contribution in [-0.2, 0) is 6.54 Å². The van der Waals surface area contributed by atoms with E-state index >= 15 is 0 Å². The molecule has 1 aromatic heterocycles. The van der Waals surface area contributed by atoms with Crippen LogP contribution in [0.3, 0.4) is 0 Å². The fraction of sp³-hybridized carbons (Fsp3) is 0.0769. The van der Waals surface area contributed by atoms with Gasteiger partial charge >= 0.3 is 0 Å². The van der Waals surface area contributed by atoms with Crippen molar-refractivity contribution in [3.05, 3.63) is 66.0 Å². The Balaban J connectivity index is 0.00000144. The van der Waals surface area contributed by atoms with E-state index in [2.05, 4.69) is 17.3 Å². The molecular weight excluding hydrogens is 280 g/mol. The maximum Gasteiger partial charge on any atom is 0.178 e. The van der Waals surface area contributed by atoms with E-state index in [4.69, 9.17) is 5.21 Å². The summed E-state index contributed by atoms with van der Waals surface area (Å²) in [5.41, 5.74) is 2.12. The summed E-state index contributed by atoms with van der Waals surface area (Å²) in [5, 5.41) is 11.5. The van der Waals surface area contributed by atoms with Gasteiger partial charge in [-0.1, -0.05) is 35.5 Å². The third kappa shape index (κ3) is 4.00. The van der Waals surface area contributed by atoms with Gasteiger partial charge in [0.2, 0.25) is 0 Å². The van der Waals surface area contributed by atoms with E-state index in [1.165, 1.54) is 11.8 Å². The highest BCUT2D eigenvalue weighted by molar-refractivity contribution is 5.77. The lowest BCUT2D eigenvalue weighted by atomic mass is 10.2. The first-order valence-corrected chi connectivity index (χ1v) is 5.09. The van der Waals surface area contributed by atoms with Crippen molar-refractivity contribution in [1.29, 1.82) is 0 Å². The van der Waals surface area contributed by atoms with Crippen LogP contribution in [0, 0.1) is 0 Å². The van der Waals surface area contributed by atoms with Crippen molar-refractivity contribution in [2.24, 2.45) is 5.16 Å². The third-order valence-electron chi connectivity index (χ3n) is 2.30. The summed E-state index contributed by atoms with van der Waals surface area (Å²) < 4.78 is 2.05. The van der Waals surface area contributed by atoms with Crippen LogP contribution in [0.4, 0.5) is 0 Å². The molecule has 1 aromatic carbocycles. The van der Waals surface area contributed by atoms with Gasteiger partial charge in [-0.3, -0.25) is 0 Å². The van der Waals surface area contributed by atoms with Crippen molar-refractivity contribution >= 4 is 6.21 Å². The summed E-state index contributed by atoms with van der Waals surface area (Å²) in [5.74, 6) is 0. The zero-order valence-electron chi connectivity index (χ0n) is 9.20. The van der Waals surface area contributed by atoms with Crippen molar-refractivity contribution in [2.45, 2.75) is 6.54 Å². The van der Waals surface area contributed by atoms with Crippen LogP contribution in [-0.4, -0.2) is 11.4 Å². The van der Waals surface area contributed by atoms with E-state index in [0.717, 1.165) is 12.1 Å². The van der Waals surface area contributed by atoms with Crippen LogP contribution in [0.15, 0.2) is 60.0 Å². The minimum Gasteiger partial charge on any atom is -1.00 e. The molecule has 88 valence electrons. The smallest absolute Gasteiger partial charge is 0.178 e. The summed E-state index contributed by atoms with van der Waals surface area (Å²) in [6.07, 6.45) is 5.34. The maximum absolute atomic E-state index is 8.46. The summed E-state index contributed by atoms with van der Waals surface area (Å²) in [4.78, 5) is 0. The SMILES string of the molecule is O/N=C/c1ccc[n+](Cc2ccccc2)c1.[Br-]. The second-order valence-corrected chi connectivity index (χ2v) is 3.54. The molecule has 0 aliphatic rings. The number of hydrogen-bond donors (Lipinski definition) is 1. The molecule has 0 spiro atoms. The first-order chi connectivity index (χ1) is 7.88. The monoisotopic (exact) mass is 292 g/mol. The van der Waals surface area contributed by atoms with E-state index < -0.39 is 0 Å². The van der Waals surface area contributed by atoms with E-state index in [0.29, 0.717) is 0 Å². The van der Waals surface area contributed by atoms with Gasteiger partial charge in [0.15, 0.2) is 18.9 Å². The number of hydrogen-bond acceptors (Lipinski definition) is 2. The molecule has 0 saturated heterocycles. The Labute approximate surface area is 111 Å². The van der Waals surface area contributed by atoms with Gasteiger partial charge in [0.1, 0.15) is 0 Å². The second-order valence-electron chi connectivity index (χ2n) is 3.54. The molecule has 2 rings (SSSR count). The van der Waals surface area contributed by atoms with Crippen LogP contribution in [0.1, 0.15) is 11.1 Å². The molecule has 0 aliphatic heterocycles. The summed E-state index contributed by atoms with van der Waals surface area (Å²) >= 11 is 0. The number of rotatable bonds is 3. The minimum absolute atomic E-state index is 0. The quantitative estimate of drug-likeness (QED) is 0.329. The van der Waals surface area contributed by atoms with Crippen LogP contribution >= 0.6 is 0 Å². The van der Waals surface area contributed by atoms with Gasteiger partial charge in [0.25, 0.3) is 0 Å². The molecule has 17 heavy (non-hydrogen) atoms. The second kappa shape index (κ2) is 6.81. The third-order valence-corrected chi connectivity index (χ3v) is 2.30. The first kappa shape index (κ1) is 13.4. The summed E-state index contributed by atoms with van der Waals surface area (Å²) in [6.45, 7) is 0.813. The highest BCUT2D eigenvalue weighted by atomic mass is 79.9. The molecular formula is C13H13BrN2O. The Morgan fingerprint density at radius 2 is 1.88 bits per heavy atom. The number of pyridine rings is 1. The van der Waals surface area contributed by atoms with E-state index in [1.54, 1.807) is 0 Å². The normalized spacial score (nSPS) is 10.1. The van der Waals surface area contributed by atoms with Gasteiger partial charge in [-0.05, 0) is 6.07 Å². The number of halogens is 1. The Morgan fingerprint density at radius 1 is 1.12 bits per heavy atom. The molecule has 0 unspecified atom stereocenters. The Morgan fingerprint density at radius 3 is 2.59 bits per heavy atom.